The summed E-state index contributed by atoms with van der Waals surface area (Å²) in [7, 11) is 0. The van der Waals surface area contributed by atoms with Crippen molar-refractivity contribution in [2.75, 3.05) is 6.61 Å². The fourth-order valence-electron chi connectivity index (χ4n) is 3.11. The minimum absolute atomic E-state index is 0.326. The Labute approximate surface area is 97.6 Å². The van der Waals surface area contributed by atoms with E-state index in [0.717, 1.165) is 18.9 Å². The van der Waals surface area contributed by atoms with E-state index in [1.165, 1.54) is 6.07 Å². The Morgan fingerprint density at radius 2 is 2.00 bits per heavy atom. The molecular weight excluding hydrogens is 229 g/mol. The van der Waals surface area contributed by atoms with Crippen LogP contribution in [0.5, 0.6) is 0 Å². The minimum Gasteiger partial charge on any atom is -0.370 e. The zero-order valence-corrected chi connectivity index (χ0v) is 9.26. The van der Waals surface area contributed by atoms with Crippen LogP contribution in [0, 0.1) is 5.92 Å². The van der Waals surface area contributed by atoms with E-state index in [4.69, 9.17) is 4.74 Å². The highest BCUT2D eigenvalue weighted by molar-refractivity contribution is 5.36. The van der Waals surface area contributed by atoms with Crippen LogP contribution in [0.3, 0.4) is 0 Å². The first-order valence-corrected chi connectivity index (χ1v) is 5.82. The average molecular weight is 242 g/mol. The molecule has 17 heavy (non-hydrogen) atoms. The maximum atomic E-state index is 13.0. The van der Waals surface area contributed by atoms with Crippen molar-refractivity contribution in [2.24, 2.45) is 5.92 Å². The van der Waals surface area contributed by atoms with Crippen LogP contribution in [0.15, 0.2) is 24.3 Å². The number of hydrogen-bond acceptors (Lipinski definition) is 1. The summed E-state index contributed by atoms with van der Waals surface area (Å²) >= 11 is 0. The van der Waals surface area contributed by atoms with Crippen LogP contribution < -0.4 is 0 Å². The van der Waals surface area contributed by atoms with Crippen molar-refractivity contribution in [2.45, 2.75) is 31.0 Å². The van der Waals surface area contributed by atoms with Gasteiger partial charge < -0.3 is 4.74 Å². The van der Waals surface area contributed by atoms with E-state index in [0.29, 0.717) is 24.5 Å². The molecular formula is C13H13F3O. The molecule has 1 saturated carbocycles. The molecule has 4 heteroatoms. The Bertz CT molecular complexity index is 431. The molecule has 0 spiro atoms. The van der Waals surface area contributed by atoms with Gasteiger partial charge in [-0.25, -0.2) is 0 Å². The second kappa shape index (κ2) is 3.48. The number of rotatable bonds is 1. The fourth-order valence-corrected chi connectivity index (χ4v) is 3.11. The number of benzene rings is 1. The zero-order valence-electron chi connectivity index (χ0n) is 9.26. The first-order valence-electron chi connectivity index (χ1n) is 5.82. The van der Waals surface area contributed by atoms with Crippen molar-refractivity contribution in [1.82, 2.24) is 0 Å². The van der Waals surface area contributed by atoms with Gasteiger partial charge in [0.25, 0.3) is 0 Å². The Morgan fingerprint density at radius 3 is 2.53 bits per heavy atom. The Morgan fingerprint density at radius 1 is 1.24 bits per heavy atom. The predicted molar refractivity (Wildman–Crippen MR) is 56.4 cm³/mol. The summed E-state index contributed by atoms with van der Waals surface area (Å²) in [5, 5.41) is 0. The standard InChI is InChI=1S/C13H13F3O/c14-13(15,16)11-4-2-1-3-10(11)12-6-5-9(7-12)8-17-12/h1-4,9H,5-8H2. The summed E-state index contributed by atoms with van der Waals surface area (Å²) < 4.78 is 44.6. The van der Waals surface area contributed by atoms with Gasteiger partial charge in [-0.15, -0.1) is 0 Å². The van der Waals surface area contributed by atoms with Crippen LogP contribution in [-0.2, 0) is 16.5 Å². The Balaban J connectivity index is 2.09. The van der Waals surface area contributed by atoms with Crippen LogP contribution in [0.4, 0.5) is 13.2 Å². The Hall–Kier alpha value is -1.03. The van der Waals surface area contributed by atoms with Gasteiger partial charge in [0.15, 0.2) is 0 Å². The van der Waals surface area contributed by atoms with Gasteiger partial charge in [-0.1, -0.05) is 18.2 Å². The molecule has 1 aliphatic carbocycles. The van der Waals surface area contributed by atoms with E-state index < -0.39 is 17.3 Å². The number of halogens is 3. The highest BCUT2D eigenvalue weighted by Gasteiger charge is 2.50. The molecule has 1 aromatic carbocycles. The van der Waals surface area contributed by atoms with Crippen LogP contribution in [0.2, 0.25) is 0 Å². The summed E-state index contributed by atoms with van der Waals surface area (Å²) in [5.41, 5.74) is -0.883. The van der Waals surface area contributed by atoms with Gasteiger partial charge >= 0.3 is 6.18 Å². The molecule has 0 N–H and O–H groups in total. The van der Waals surface area contributed by atoms with Gasteiger partial charge in [-0.2, -0.15) is 13.2 Å². The lowest BCUT2D eigenvalue weighted by Gasteiger charge is -2.30. The van der Waals surface area contributed by atoms with Crippen LogP contribution in [0.25, 0.3) is 0 Å². The molecule has 2 bridgehead atoms. The molecule has 0 aromatic heterocycles. The molecule has 1 nitrogen and oxygen atoms in total. The maximum absolute atomic E-state index is 13.0. The summed E-state index contributed by atoms with van der Waals surface area (Å²) in [6, 6.07) is 5.81. The lowest BCUT2D eigenvalue weighted by atomic mass is 9.88. The third-order valence-corrected chi connectivity index (χ3v) is 3.89. The van der Waals surface area contributed by atoms with E-state index >= 15 is 0 Å². The van der Waals surface area contributed by atoms with Crippen molar-refractivity contribution in [3.63, 3.8) is 0 Å². The summed E-state index contributed by atoms with van der Waals surface area (Å²) in [4.78, 5) is 0. The zero-order chi connectivity index (χ0) is 12.1. The molecule has 1 aliphatic heterocycles. The molecule has 1 aromatic rings. The molecule has 2 unspecified atom stereocenters. The molecule has 1 heterocycles. The van der Waals surface area contributed by atoms with Gasteiger partial charge in [0.05, 0.1) is 17.8 Å². The van der Waals surface area contributed by atoms with Crippen molar-refractivity contribution in [1.29, 1.82) is 0 Å². The van der Waals surface area contributed by atoms with Gasteiger partial charge in [0.1, 0.15) is 0 Å². The molecule has 2 atom stereocenters. The van der Waals surface area contributed by atoms with Crippen molar-refractivity contribution in [3.8, 4) is 0 Å². The maximum Gasteiger partial charge on any atom is 0.416 e. The highest BCUT2D eigenvalue weighted by Crippen LogP contribution is 2.53. The normalized spacial score (nSPS) is 32.1. The van der Waals surface area contributed by atoms with Crippen LogP contribution in [0.1, 0.15) is 30.4 Å². The summed E-state index contributed by atoms with van der Waals surface area (Å²) in [5.74, 6) is 0.441. The van der Waals surface area contributed by atoms with Crippen LogP contribution in [-0.4, -0.2) is 6.61 Å². The van der Waals surface area contributed by atoms with Gasteiger partial charge in [-0.3, -0.25) is 0 Å². The molecule has 1 saturated heterocycles. The SMILES string of the molecule is FC(F)(F)c1ccccc1C12CCC(CO1)C2. The van der Waals surface area contributed by atoms with Gasteiger partial charge in [0.2, 0.25) is 0 Å². The van der Waals surface area contributed by atoms with E-state index in [2.05, 4.69) is 0 Å². The van der Waals surface area contributed by atoms with E-state index in [1.807, 2.05) is 0 Å². The Kier molecular flexibility index (Phi) is 2.27. The number of ether oxygens (including phenoxy) is 1. The number of hydrogen-bond donors (Lipinski definition) is 0. The monoisotopic (exact) mass is 242 g/mol. The molecule has 2 fully saturated rings. The second-order valence-corrected chi connectivity index (χ2v) is 4.96. The highest BCUT2D eigenvalue weighted by atomic mass is 19.4. The molecule has 3 rings (SSSR count). The summed E-state index contributed by atoms with van der Waals surface area (Å²) in [6.45, 7) is 0.603. The van der Waals surface area contributed by atoms with Crippen molar-refractivity contribution < 1.29 is 17.9 Å². The van der Waals surface area contributed by atoms with Crippen molar-refractivity contribution in [3.05, 3.63) is 35.4 Å². The lowest BCUT2D eigenvalue weighted by molar-refractivity contribution is -0.141. The molecule has 92 valence electrons. The number of fused-ring (bicyclic) bond motifs is 2. The predicted octanol–water partition coefficient (Wildman–Crippen LogP) is 3.73. The first-order chi connectivity index (χ1) is 8.01. The van der Waals surface area contributed by atoms with Crippen molar-refractivity contribution >= 4 is 0 Å². The van der Waals surface area contributed by atoms with E-state index in [1.54, 1.807) is 12.1 Å². The smallest absolute Gasteiger partial charge is 0.370 e. The molecule has 0 radical (unpaired) electrons. The topological polar surface area (TPSA) is 9.23 Å². The van der Waals surface area contributed by atoms with Gasteiger partial charge in [-0.05, 0) is 36.8 Å². The van der Waals surface area contributed by atoms with E-state index in [9.17, 15) is 13.2 Å². The third kappa shape index (κ3) is 1.66. The summed E-state index contributed by atoms with van der Waals surface area (Å²) in [6.07, 6.45) is -1.87. The second-order valence-electron chi connectivity index (χ2n) is 4.96. The molecule has 2 aliphatic rings. The minimum atomic E-state index is -4.30. The van der Waals surface area contributed by atoms with Crippen LogP contribution >= 0.6 is 0 Å². The largest absolute Gasteiger partial charge is 0.416 e. The average Bonchev–Trinajstić information content (AvgIpc) is 2.89. The first kappa shape index (κ1) is 11.1. The van der Waals surface area contributed by atoms with E-state index in [-0.39, 0.29) is 0 Å². The van der Waals surface area contributed by atoms with Gasteiger partial charge in [0, 0.05) is 0 Å². The quantitative estimate of drug-likeness (QED) is 0.729. The number of alkyl halides is 3. The third-order valence-electron chi connectivity index (χ3n) is 3.89. The molecule has 0 amide bonds. The fraction of sp³-hybridized carbons (Fsp3) is 0.538. The lowest BCUT2D eigenvalue weighted by Crippen LogP contribution is -2.27.